The molecule has 3 aromatic rings. The van der Waals surface area contributed by atoms with Crippen molar-refractivity contribution < 1.29 is 19.7 Å². The summed E-state index contributed by atoms with van der Waals surface area (Å²) in [6.45, 7) is 0. The molecule has 0 saturated heterocycles. The van der Waals surface area contributed by atoms with E-state index in [9.17, 15) is 15.1 Å². The number of benzene rings is 2. The molecule has 0 amide bonds. The molecular formula is C17H13NO4S. The topological polar surface area (TPSA) is 84.5 Å². The molecule has 0 aliphatic heterocycles. The van der Waals surface area contributed by atoms with Gasteiger partial charge in [-0.15, -0.1) is 12.6 Å². The Balaban J connectivity index is 2.19. The molecule has 0 aliphatic carbocycles. The maximum absolute atomic E-state index is 12.2. The highest BCUT2D eigenvalue weighted by Crippen LogP contribution is 2.35. The Morgan fingerprint density at radius 1 is 1.09 bits per heavy atom. The molecule has 3 rings (SSSR count). The van der Waals surface area contributed by atoms with E-state index in [4.69, 9.17) is 5.11 Å². The van der Waals surface area contributed by atoms with E-state index in [1.165, 1.54) is 30.5 Å². The number of aliphatic hydroxyl groups is 1. The number of aromatic carboxylic acids is 1. The molecule has 23 heavy (non-hydrogen) atoms. The maximum Gasteiger partial charge on any atom is 0.335 e. The zero-order valence-corrected chi connectivity index (χ0v) is 12.8. The van der Waals surface area contributed by atoms with Crippen LogP contribution in [-0.4, -0.2) is 16.2 Å². The predicted molar refractivity (Wildman–Crippen MR) is 88.3 cm³/mol. The SMILES string of the molecule is O=C(O)c1ccc(C(O)(S)c2c3ccccc3cc[n+]2[O-])cc1. The van der Waals surface area contributed by atoms with Crippen molar-refractivity contribution in [1.82, 2.24) is 0 Å². The van der Waals surface area contributed by atoms with Crippen LogP contribution < -0.4 is 4.73 Å². The minimum Gasteiger partial charge on any atom is -0.618 e. The number of aromatic nitrogens is 1. The van der Waals surface area contributed by atoms with E-state index in [0.29, 0.717) is 15.7 Å². The van der Waals surface area contributed by atoms with Crippen molar-refractivity contribution in [3.63, 3.8) is 0 Å². The van der Waals surface area contributed by atoms with Crippen LogP contribution in [0, 0.1) is 5.21 Å². The number of hydrogen-bond donors (Lipinski definition) is 3. The average molecular weight is 327 g/mol. The van der Waals surface area contributed by atoms with Gasteiger partial charge in [0.2, 0.25) is 10.6 Å². The van der Waals surface area contributed by atoms with Gasteiger partial charge in [-0.2, -0.15) is 4.73 Å². The minimum atomic E-state index is -1.86. The fourth-order valence-electron chi connectivity index (χ4n) is 2.52. The highest BCUT2D eigenvalue weighted by molar-refractivity contribution is 7.81. The number of fused-ring (bicyclic) bond motifs is 1. The highest BCUT2D eigenvalue weighted by atomic mass is 32.1. The third-order valence-electron chi connectivity index (χ3n) is 3.69. The summed E-state index contributed by atoms with van der Waals surface area (Å²) < 4.78 is 0.570. The molecule has 0 radical (unpaired) electrons. The van der Waals surface area contributed by atoms with Crippen LogP contribution in [0.1, 0.15) is 21.6 Å². The molecule has 2 aromatic carbocycles. The molecule has 0 saturated carbocycles. The Kier molecular flexibility index (Phi) is 3.71. The van der Waals surface area contributed by atoms with Crippen LogP contribution in [0.2, 0.25) is 0 Å². The summed E-state index contributed by atoms with van der Waals surface area (Å²) in [6, 6.07) is 14.4. The van der Waals surface area contributed by atoms with Crippen LogP contribution >= 0.6 is 12.6 Å². The molecule has 5 nitrogen and oxygen atoms in total. The standard InChI is InChI=1S/C17H13NO4S/c19-16(20)12-5-7-13(8-6-12)17(21,23)15-14-4-2-1-3-11(14)9-10-18(15)22/h1-10,21,23H,(H,19,20). The number of hydrogen-bond acceptors (Lipinski definition) is 4. The van der Waals surface area contributed by atoms with Gasteiger partial charge in [0.25, 0.3) is 0 Å². The number of carboxylic acid groups (broad SMARTS) is 1. The van der Waals surface area contributed by atoms with E-state index in [1.807, 2.05) is 12.1 Å². The second kappa shape index (κ2) is 5.57. The third-order valence-corrected chi connectivity index (χ3v) is 4.16. The Morgan fingerprint density at radius 3 is 2.39 bits per heavy atom. The highest BCUT2D eigenvalue weighted by Gasteiger charge is 2.37. The summed E-state index contributed by atoms with van der Waals surface area (Å²) in [5, 5.41) is 33.4. The lowest BCUT2D eigenvalue weighted by atomic mass is 9.99. The van der Waals surface area contributed by atoms with Crippen molar-refractivity contribution in [3.8, 4) is 0 Å². The zero-order chi connectivity index (χ0) is 16.6. The Hall–Kier alpha value is -2.57. The van der Waals surface area contributed by atoms with Crippen LogP contribution in [0.5, 0.6) is 0 Å². The monoisotopic (exact) mass is 327 g/mol. The van der Waals surface area contributed by atoms with Gasteiger partial charge in [0.1, 0.15) is 0 Å². The molecule has 6 heteroatoms. The summed E-state index contributed by atoms with van der Waals surface area (Å²) in [5.41, 5.74) is 0.472. The van der Waals surface area contributed by atoms with Gasteiger partial charge >= 0.3 is 5.97 Å². The van der Waals surface area contributed by atoms with Crippen molar-refractivity contribution in [2.24, 2.45) is 0 Å². The summed E-state index contributed by atoms with van der Waals surface area (Å²) >= 11 is 4.28. The van der Waals surface area contributed by atoms with Crippen LogP contribution in [0.3, 0.4) is 0 Å². The summed E-state index contributed by atoms with van der Waals surface area (Å²) in [5.74, 6) is -1.07. The smallest absolute Gasteiger partial charge is 0.335 e. The van der Waals surface area contributed by atoms with Crippen LogP contribution in [0.4, 0.5) is 0 Å². The summed E-state index contributed by atoms with van der Waals surface area (Å²) in [4.78, 5) is 9.06. The first-order valence-electron chi connectivity index (χ1n) is 6.81. The van der Waals surface area contributed by atoms with Crippen molar-refractivity contribution >= 4 is 29.4 Å². The molecule has 116 valence electrons. The number of pyridine rings is 1. The van der Waals surface area contributed by atoms with Gasteiger partial charge in [0.05, 0.1) is 10.9 Å². The van der Waals surface area contributed by atoms with Crippen molar-refractivity contribution in [2.45, 2.75) is 4.93 Å². The third kappa shape index (κ3) is 2.62. The average Bonchev–Trinajstić information content (AvgIpc) is 2.54. The van der Waals surface area contributed by atoms with Gasteiger partial charge in [0.15, 0.2) is 6.20 Å². The minimum absolute atomic E-state index is 0.0713. The molecule has 0 bridgehead atoms. The lowest BCUT2D eigenvalue weighted by molar-refractivity contribution is -0.617. The first-order valence-corrected chi connectivity index (χ1v) is 7.26. The molecule has 1 aromatic heterocycles. The number of carboxylic acids is 1. The van der Waals surface area contributed by atoms with Crippen LogP contribution in [0.25, 0.3) is 10.8 Å². The molecule has 2 N–H and O–H groups in total. The molecular weight excluding hydrogens is 314 g/mol. The van der Waals surface area contributed by atoms with Gasteiger partial charge in [-0.1, -0.05) is 30.3 Å². The fourth-order valence-corrected chi connectivity index (χ4v) is 2.89. The zero-order valence-electron chi connectivity index (χ0n) is 11.9. The van der Waals surface area contributed by atoms with Gasteiger partial charge in [-0.3, -0.25) is 0 Å². The van der Waals surface area contributed by atoms with Gasteiger partial charge in [-0.05, 0) is 23.6 Å². The van der Waals surface area contributed by atoms with Gasteiger partial charge in [0, 0.05) is 11.6 Å². The number of thiol groups is 1. The molecule has 0 aliphatic rings. The van der Waals surface area contributed by atoms with E-state index >= 15 is 0 Å². The van der Waals surface area contributed by atoms with E-state index in [-0.39, 0.29) is 11.3 Å². The summed E-state index contributed by atoms with van der Waals surface area (Å²) in [6.07, 6.45) is 1.31. The first kappa shape index (κ1) is 15.3. The first-order chi connectivity index (χ1) is 10.9. The van der Waals surface area contributed by atoms with E-state index in [2.05, 4.69) is 12.6 Å². The van der Waals surface area contributed by atoms with Gasteiger partial charge in [-0.25, -0.2) is 4.79 Å². The molecule has 0 spiro atoms. The Morgan fingerprint density at radius 2 is 1.74 bits per heavy atom. The number of carbonyl (C=O) groups is 1. The molecule has 0 fully saturated rings. The van der Waals surface area contributed by atoms with Crippen molar-refractivity contribution in [1.29, 1.82) is 0 Å². The van der Waals surface area contributed by atoms with E-state index in [0.717, 1.165) is 5.39 Å². The maximum atomic E-state index is 12.2. The Bertz CT molecular complexity index is 891. The van der Waals surface area contributed by atoms with E-state index in [1.54, 1.807) is 18.2 Å². The van der Waals surface area contributed by atoms with Crippen LogP contribution in [0.15, 0.2) is 60.8 Å². The Labute approximate surface area is 137 Å². The second-order valence-corrected chi connectivity index (χ2v) is 5.78. The number of rotatable bonds is 3. The normalized spacial score (nSPS) is 13.7. The second-order valence-electron chi connectivity index (χ2n) is 5.13. The molecule has 1 heterocycles. The lowest BCUT2D eigenvalue weighted by Crippen LogP contribution is -2.40. The summed E-state index contributed by atoms with van der Waals surface area (Å²) in [7, 11) is 0. The quantitative estimate of drug-likeness (QED) is 0.298. The van der Waals surface area contributed by atoms with Gasteiger partial charge < -0.3 is 15.4 Å². The molecule has 1 unspecified atom stereocenters. The van der Waals surface area contributed by atoms with Crippen molar-refractivity contribution in [3.05, 3.63) is 82.8 Å². The number of nitrogens with zero attached hydrogens (tertiary/aromatic N) is 1. The lowest BCUT2D eigenvalue weighted by Gasteiger charge is -2.22. The molecule has 1 atom stereocenters. The fraction of sp³-hybridized carbons (Fsp3) is 0.0588. The van der Waals surface area contributed by atoms with Crippen LogP contribution in [-0.2, 0) is 4.93 Å². The van der Waals surface area contributed by atoms with Crippen molar-refractivity contribution in [2.75, 3.05) is 0 Å². The largest absolute Gasteiger partial charge is 0.618 e. The predicted octanol–water partition coefficient (Wildman–Crippen LogP) is 2.29. The van der Waals surface area contributed by atoms with E-state index < -0.39 is 10.9 Å².